The van der Waals surface area contributed by atoms with Crippen LogP contribution in [0.4, 0.5) is 0 Å². The molecule has 0 saturated carbocycles. The number of amides is 1. The Morgan fingerprint density at radius 1 is 1.55 bits per heavy atom. The van der Waals surface area contributed by atoms with Crippen LogP contribution in [0.3, 0.4) is 0 Å². The van der Waals surface area contributed by atoms with Gasteiger partial charge < -0.3 is 14.1 Å². The van der Waals surface area contributed by atoms with Crippen LogP contribution in [-0.2, 0) is 4.74 Å². The number of ether oxygens (including phenoxy) is 1. The number of thiazole rings is 1. The summed E-state index contributed by atoms with van der Waals surface area (Å²) >= 11 is 1.46. The van der Waals surface area contributed by atoms with E-state index in [0.29, 0.717) is 31.4 Å². The molecule has 3 rings (SSSR count). The number of rotatable bonds is 4. The van der Waals surface area contributed by atoms with Gasteiger partial charge in [-0.2, -0.15) is 0 Å². The van der Waals surface area contributed by atoms with Gasteiger partial charge in [-0.25, -0.2) is 4.98 Å². The molecule has 1 saturated heterocycles. The molecule has 6 heteroatoms. The van der Waals surface area contributed by atoms with Gasteiger partial charge >= 0.3 is 0 Å². The number of aromatic nitrogens is 1. The first-order chi connectivity index (χ1) is 10.6. The van der Waals surface area contributed by atoms with Gasteiger partial charge in [-0.05, 0) is 18.4 Å². The zero-order valence-electron chi connectivity index (χ0n) is 12.8. The Hall–Kier alpha value is -1.66. The molecule has 0 aromatic carbocycles. The van der Waals surface area contributed by atoms with Crippen molar-refractivity contribution in [3.05, 3.63) is 29.7 Å². The van der Waals surface area contributed by atoms with Crippen LogP contribution >= 0.6 is 11.3 Å². The molecule has 3 heterocycles. The highest BCUT2D eigenvalue weighted by molar-refractivity contribution is 7.13. The predicted octanol–water partition coefficient (Wildman–Crippen LogP) is 3.29. The minimum absolute atomic E-state index is 0.0000510. The van der Waals surface area contributed by atoms with E-state index in [0.717, 1.165) is 17.0 Å². The average molecular weight is 320 g/mol. The number of carbonyl (C=O) groups is 1. The Balaban J connectivity index is 1.77. The molecule has 1 atom stereocenters. The van der Waals surface area contributed by atoms with Gasteiger partial charge in [-0.3, -0.25) is 4.79 Å². The van der Waals surface area contributed by atoms with Crippen LogP contribution in [0.15, 0.2) is 28.4 Å². The topological polar surface area (TPSA) is 55.6 Å². The van der Waals surface area contributed by atoms with Crippen LogP contribution in [0.1, 0.15) is 30.8 Å². The van der Waals surface area contributed by atoms with E-state index in [1.165, 1.54) is 11.3 Å². The smallest absolute Gasteiger partial charge is 0.273 e. The van der Waals surface area contributed by atoms with Crippen molar-refractivity contribution in [3.63, 3.8) is 0 Å². The first-order valence-corrected chi connectivity index (χ1v) is 8.40. The summed E-state index contributed by atoms with van der Waals surface area (Å²) in [5.41, 5.74) is 1.42. The number of morpholine rings is 1. The summed E-state index contributed by atoms with van der Waals surface area (Å²) in [5.74, 6) is 0.527. The first-order valence-electron chi connectivity index (χ1n) is 7.52. The lowest BCUT2D eigenvalue weighted by molar-refractivity contribution is -0.00771. The quantitative estimate of drug-likeness (QED) is 0.867. The molecule has 2 aromatic rings. The summed E-state index contributed by atoms with van der Waals surface area (Å²) in [6.07, 6.45) is 4.20. The third-order valence-corrected chi connectivity index (χ3v) is 4.61. The van der Waals surface area contributed by atoms with E-state index in [9.17, 15) is 4.79 Å². The highest BCUT2D eigenvalue weighted by Gasteiger charge is 2.29. The van der Waals surface area contributed by atoms with Crippen LogP contribution in [0.5, 0.6) is 0 Å². The monoisotopic (exact) mass is 320 g/mol. The molecule has 5 nitrogen and oxygen atoms in total. The van der Waals surface area contributed by atoms with Crippen molar-refractivity contribution in [2.45, 2.75) is 26.3 Å². The third kappa shape index (κ3) is 3.23. The van der Waals surface area contributed by atoms with Crippen molar-refractivity contribution < 1.29 is 13.9 Å². The molecule has 1 fully saturated rings. The standard InChI is InChI=1S/C16H20N2O3S/c1-11(2)7-13-9-21-6-4-18(13)16(19)14-10-22-15(17-14)12-3-5-20-8-12/h3,5,8,10-11,13H,4,6-7,9H2,1-2H3/t13-/m1/s1. The molecule has 1 amide bonds. The largest absolute Gasteiger partial charge is 0.472 e. The van der Waals surface area contributed by atoms with Crippen molar-refractivity contribution in [1.82, 2.24) is 9.88 Å². The van der Waals surface area contributed by atoms with Crippen LogP contribution in [-0.4, -0.2) is 41.6 Å². The SMILES string of the molecule is CC(C)C[C@@H]1COCCN1C(=O)c1csc(-c2ccoc2)n1. The van der Waals surface area contributed by atoms with Gasteiger partial charge in [0, 0.05) is 17.5 Å². The zero-order valence-corrected chi connectivity index (χ0v) is 13.6. The second-order valence-corrected chi connectivity index (χ2v) is 6.76. The molecule has 22 heavy (non-hydrogen) atoms. The highest BCUT2D eigenvalue weighted by atomic mass is 32.1. The third-order valence-electron chi connectivity index (χ3n) is 3.72. The minimum atomic E-state index is -0.0000510. The van der Waals surface area contributed by atoms with Crippen LogP contribution in [0, 0.1) is 5.92 Å². The van der Waals surface area contributed by atoms with E-state index < -0.39 is 0 Å². The maximum Gasteiger partial charge on any atom is 0.273 e. The molecule has 1 aliphatic heterocycles. The molecule has 2 aromatic heterocycles. The van der Waals surface area contributed by atoms with E-state index >= 15 is 0 Å². The van der Waals surface area contributed by atoms with Crippen molar-refractivity contribution >= 4 is 17.2 Å². The maximum absolute atomic E-state index is 12.8. The lowest BCUT2D eigenvalue weighted by Gasteiger charge is -2.36. The Bertz CT molecular complexity index is 621. The summed E-state index contributed by atoms with van der Waals surface area (Å²) in [4.78, 5) is 19.1. The van der Waals surface area contributed by atoms with Gasteiger partial charge in [0.1, 0.15) is 17.0 Å². The Labute approximate surface area is 133 Å². The average Bonchev–Trinajstić information content (AvgIpc) is 3.17. The first kappa shape index (κ1) is 15.2. The van der Waals surface area contributed by atoms with Crippen LogP contribution < -0.4 is 0 Å². The van der Waals surface area contributed by atoms with Crippen LogP contribution in [0.2, 0.25) is 0 Å². The molecule has 1 aliphatic rings. The zero-order chi connectivity index (χ0) is 15.5. The van der Waals surface area contributed by atoms with Gasteiger partial charge in [0.25, 0.3) is 5.91 Å². The number of carbonyl (C=O) groups excluding carboxylic acids is 1. The Morgan fingerprint density at radius 3 is 3.14 bits per heavy atom. The van der Waals surface area contributed by atoms with E-state index in [-0.39, 0.29) is 11.9 Å². The lowest BCUT2D eigenvalue weighted by atomic mass is 10.0. The summed E-state index contributed by atoms with van der Waals surface area (Å²) in [6.45, 7) is 6.17. The molecule has 0 N–H and O–H groups in total. The van der Waals surface area contributed by atoms with E-state index in [4.69, 9.17) is 9.15 Å². The van der Waals surface area contributed by atoms with Crippen molar-refractivity contribution in [2.75, 3.05) is 19.8 Å². The Morgan fingerprint density at radius 2 is 2.41 bits per heavy atom. The van der Waals surface area contributed by atoms with Gasteiger partial charge in [-0.15, -0.1) is 11.3 Å². The van der Waals surface area contributed by atoms with E-state index in [1.807, 2.05) is 16.3 Å². The summed E-state index contributed by atoms with van der Waals surface area (Å²) < 4.78 is 10.6. The summed E-state index contributed by atoms with van der Waals surface area (Å²) in [7, 11) is 0. The summed E-state index contributed by atoms with van der Waals surface area (Å²) in [5, 5.41) is 2.64. The summed E-state index contributed by atoms with van der Waals surface area (Å²) in [6, 6.07) is 1.99. The van der Waals surface area contributed by atoms with Crippen molar-refractivity contribution in [3.8, 4) is 10.6 Å². The number of hydrogen-bond donors (Lipinski definition) is 0. The fraction of sp³-hybridized carbons (Fsp3) is 0.500. The van der Waals surface area contributed by atoms with Gasteiger partial charge in [0.05, 0.1) is 25.5 Å². The maximum atomic E-state index is 12.8. The lowest BCUT2D eigenvalue weighted by Crippen LogP contribution is -2.49. The second-order valence-electron chi connectivity index (χ2n) is 5.91. The molecule has 0 bridgehead atoms. The molecule has 0 unspecified atom stereocenters. The molecule has 118 valence electrons. The van der Waals surface area contributed by atoms with Gasteiger partial charge in [0.2, 0.25) is 0 Å². The molecule has 0 radical (unpaired) electrons. The second kappa shape index (κ2) is 6.62. The number of hydrogen-bond acceptors (Lipinski definition) is 5. The Kier molecular flexibility index (Phi) is 4.59. The molecule has 0 aliphatic carbocycles. The normalized spacial score (nSPS) is 18.9. The number of furan rings is 1. The van der Waals surface area contributed by atoms with Gasteiger partial charge in [0.15, 0.2) is 0 Å². The minimum Gasteiger partial charge on any atom is -0.472 e. The number of nitrogens with zero attached hydrogens (tertiary/aromatic N) is 2. The van der Waals surface area contributed by atoms with Crippen molar-refractivity contribution in [1.29, 1.82) is 0 Å². The van der Waals surface area contributed by atoms with Crippen LogP contribution in [0.25, 0.3) is 10.6 Å². The molecular formula is C16H20N2O3S. The molecule has 0 spiro atoms. The predicted molar refractivity (Wildman–Crippen MR) is 84.9 cm³/mol. The van der Waals surface area contributed by atoms with Crippen molar-refractivity contribution in [2.24, 2.45) is 5.92 Å². The van der Waals surface area contributed by atoms with Gasteiger partial charge in [-0.1, -0.05) is 13.8 Å². The highest BCUT2D eigenvalue weighted by Crippen LogP contribution is 2.26. The van der Waals surface area contributed by atoms with E-state index in [1.54, 1.807) is 12.5 Å². The molecular weight excluding hydrogens is 300 g/mol. The fourth-order valence-electron chi connectivity index (χ4n) is 2.70. The fourth-order valence-corrected chi connectivity index (χ4v) is 3.48. The van der Waals surface area contributed by atoms with E-state index in [2.05, 4.69) is 18.8 Å².